The summed E-state index contributed by atoms with van der Waals surface area (Å²) in [5.41, 5.74) is 1.00. The molecule has 7 heteroatoms. The number of carbonyl (C=O) groups is 1. The van der Waals surface area contributed by atoms with Crippen LogP contribution in [0.5, 0.6) is 5.75 Å². The molecule has 0 N–H and O–H groups in total. The minimum atomic E-state index is -0.257. The number of thioether (sulfide) groups is 1. The highest BCUT2D eigenvalue weighted by atomic mass is 32.2. The van der Waals surface area contributed by atoms with Gasteiger partial charge in [0.05, 0.1) is 20.0 Å². The van der Waals surface area contributed by atoms with E-state index in [1.54, 1.807) is 7.11 Å². The Morgan fingerprint density at radius 1 is 1.19 bits per heavy atom. The fraction of sp³-hybridized carbons (Fsp3) is 0.526. The van der Waals surface area contributed by atoms with Crippen molar-refractivity contribution in [3.8, 4) is 17.1 Å². The lowest BCUT2D eigenvalue weighted by Crippen LogP contribution is -2.22. The van der Waals surface area contributed by atoms with Crippen LogP contribution in [0.15, 0.2) is 29.4 Å². The minimum absolute atomic E-state index is 0.234. The van der Waals surface area contributed by atoms with Gasteiger partial charge in [-0.3, -0.25) is 9.36 Å². The quantitative estimate of drug-likeness (QED) is 0.562. The molecular formula is C19H25N3O3S. The number of nitrogens with zero attached hydrogens (tertiary/aromatic N) is 3. The van der Waals surface area contributed by atoms with Gasteiger partial charge in [-0.25, -0.2) is 0 Å². The lowest BCUT2D eigenvalue weighted by molar-refractivity contribution is -0.137. The van der Waals surface area contributed by atoms with E-state index >= 15 is 0 Å². The van der Waals surface area contributed by atoms with E-state index in [0.29, 0.717) is 12.0 Å². The van der Waals surface area contributed by atoms with E-state index in [9.17, 15) is 4.79 Å². The molecule has 0 amide bonds. The topological polar surface area (TPSA) is 66.2 Å². The van der Waals surface area contributed by atoms with Gasteiger partial charge >= 0.3 is 5.97 Å². The Morgan fingerprint density at radius 3 is 2.58 bits per heavy atom. The summed E-state index contributed by atoms with van der Waals surface area (Å²) in [4.78, 5) is 11.6. The molecule has 1 aromatic heterocycles. The van der Waals surface area contributed by atoms with Crippen molar-refractivity contribution in [2.24, 2.45) is 5.92 Å². The van der Waals surface area contributed by atoms with E-state index < -0.39 is 0 Å². The average Bonchev–Trinajstić information content (AvgIpc) is 3.10. The van der Waals surface area contributed by atoms with Gasteiger partial charge in [0.2, 0.25) is 0 Å². The molecule has 1 saturated carbocycles. The van der Waals surface area contributed by atoms with Crippen molar-refractivity contribution in [2.45, 2.75) is 43.8 Å². The number of methoxy groups -OCH3 is 2. The lowest BCUT2D eigenvalue weighted by atomic mass is 9.85. The van der Waals surface area contributed by atoms with Crippen molar-refractivity contribution in [2.75, 3.05) is 20.0 Å². The number of ether oxygens (including phenoxy) is 2. The van der Waals surface area contributed by atoms with Crippen LogP contribution in [-0.4, -0.2) is 40.7 Å². The Morgan fingerprint density at radius 2 is 1.92 bits per heavy atom. The third-order valence-electron chi connectivity index (χ3n) is 4.96. The second-order valence-corrected chi connectivity index (χ2v) is 7.54. The molecule has 140 valence electrons. The summed E-state index contributed by atoms with van der Waals surface area (Å²) in [5, 5.41) is 9.62. The molecule has 0 spiro atoms. The first-order valence-corrected chi connectivity index (χ1v) is 9.91. The van der Waals surface area contributed by atoms with Crippen LogP contribution in [0, 0.1) is 5.92 Å². The van der Waals surface area contributed by atoms with Gasteiger partial charge in [0.25, 0.3) is 0 Å². The zero-order chi connectivity index (χ0) is 18.5. The van der Waals surface area contributed by atoms with Crippen LogP contribution < -0.4 is 4.74 Å². The fourth-order valence-corrected chi connectivity index (χ4v) is 4.30. The van der Waals surface area contributed by atoms with Crippen molar-refractivity contribution >= 4 is 17.7 Å². The zero-order valence-electron chi connectivity index (χ0n) is 15.5. The Labute approximate surface area is 158 Å². The van der Waals surface area contributed by atoms with Crippen molar-refractivity contribution in [1.82, 2.24) is 14.8 Å². The van der Waals surface area contributed by atoms with Crippen LogP contribution in [0.3, 0.4) is 0 Å². The van der Waals surface area contributed by atoms with Gasteiger partial charge in [-0.2, -0.15) is 0 Å². The molecule has 0 radical (unpaired) electrons. The molecule has 6 nitrogen and oxygen atoms in total. The molecule has 0 unspecified atom stereocenters. The first-order valence-electron chi connectivity index (χ1n) is 8.93. The number of esters is 1. The standard InChI is InChI=1S/C19H25N3O3S/c1-13-6-4-5-7-16(13)22-18(14-8-10-15(24-2)11-9-14)20-21-19(22)26-12-17(23)25-3/h8-11,13,16H,4-7,12H2,1-3H3/t13-,16-/m1/s1. The van der Waals surface area contributed by atoms with Gasteiger partial charge in [-0.15, -0.1) is 10.2 Å². The highest BCUT2D eigenvalue weighted by Gasteiger charge is 2.28. The predicted octanol–water partition coefficient (Wildman–Crippen LogP) is 3.97. The smallest absolute Gasteiger partial charge is 0.316 e. The van der Waals surface area contributed by atoms with Crippen molar-refractivity contribution < 1.29 is 14.3 Å². The molecule has 1 aliphatic carbocycles. The van der Waals surface area contributed by atoms with Gasteiger partial charge in [0, 0.05) is 11.6 Å². The normalized spacial score (nSPS) is 20.0. The first kappa shape index (κ1) is 18.8. The molecule has 1 fully saturated rings. The number of benzene rings is 1. The summed E-state index contributed by atoms with van der Waals surface area (Å²) in [7, 11) is 3.06. The van der Waals surface area contributed by atoms with Gasteiger partial charge < -0.3 is 9.47 Å². The van der Waals surface area contributed by atoms with Crippen LogP contribution in [0.25, 0.3) is 11.4 Å². The molecule has 1 heterocycles. The maximum atomic E-state index is 11.6. The van der Waals surface area contributed by atoms with Crippen LogP contribution in [0.1, 0.15) is 38.6 Å². The van der Waals surface area contributed by atoms with E-state index in [2.05, 4.69) is 21.7 Å². The molecule has 0 saturated heterocycles. The maximum absolute atomic E-state index is 11.6. The zero-order valence-corrected chi connectivity index (χ0v) is 16.3. The summed E-state index contributed by atoms with van der Waals surface area (Å²) in [6, 6.07) is 8.21. The molecular weight excluding hydrogens is 350 g/mol. The number of hydrogen-bond acceptors (Lipinski definition) is 6. The fourth-order valence-electron chi connectivity index (χ4n) is 3.47. The summed E-state index contributed by atoms with van der Waals surface area (Å²) < 4.78 is 12.2. The summed E-state index contributed by atoms with van der Waals surface area (Å²) in [5.74, 6) is 2.18. The van der Waals surface area contributed by atoms with E-state index in [1.165, 1.54) is 38.1 Å². The second kappa shape index (κ2) is 8.58. The highest BCUT2D eigenvalue weighted by molar-refractivity contribution is 7.99. The Bertz CT molecular complexity index is 745. The van der Waals surface area contributed by atoms with Crippen molar-refractivity contribution in [1.29, 1.82) is 0 Å². The predicted molar refractivity (Wildman–Crippen MR) is 101 cm³/mol. The monoisotopic (exact) mass is 375 g/mol. The minimum Gasteiger partial charge on any atom is -0.497 e. The molecule has 2 atom stereocenters. The average molecular weight is 375 g/mol. The van der Waals surface area contributed by atoms with Gasteiger partial charge in [-0.1, -0.05) is 31.5 Å². The molecule has 1 aromatic carbocycles. The number of rotatable bonds is 6. The van der Waals surface area contributed by atoms with Gasteiger partial charge in [0.1, 0.15) is 5.75 Å². The summed E-state index contributed by atoms with van der Waals surface area (Å²) >= 11 is 1.39. The van der Waals surface area contributed by atoms with Gasteiger partial charge in [-0.05, 0) is 43.0 Å². The number of aromatic nitrogens is 3. The third-order valence-corrected chi connectivity index (χ3v) is 5.87. The lowest BCUT2D eigenvalue weighted by Gasteiger charge is -2.31. The summed E-state index contributed by atoms with van der Waals surface area (Å²) in [6.07, 6.45) is 4.78. The maximum Gasteiger partial charge on any atom is 0.316 e. The molecule has 3 rings (SSSR count). The SMILES string of the molecule is COC(=O)CSc1nnc(-c2ccc(OC)cc2)n1[C@@H]1CCCC[C@H]1C. The Hall–Kier alpha value is -2.02. The molecule has 0 aliphatic heterocycles. The van der Waals surface area contributed by atoms with Crippen molar-refractivity contribution in [3.63, 3.8) is 0 Å². The molecule has 1 aliphatic rings. The largest absolute Gasteiger partial charge is 0.497 e. The molecule has 2 aromatic rings. The number of carbonyl (C=O) groups excluding carboxylic acids is 1. The van der Waals surface area contributed by atoms with E-state index in [-0.39, 0.29) is 11.7 Å². The highest BCUT2D eigenvalue weighted by Crippen LogP contribution is 2.39. The van der Waals surface area contributed by atoms with E-state index in [1.807, 2.05) is 24.3 Å². The van der Waals surface area contributed by atoms with Crippen LogP contribution in [0.2, 0.25) is 0 Å². The van der Waals surface area contributed by atoms with Crippen LogP contribution in [0.4, 0.5) is 0 Å². The van der Waals surface area contributed by atoms with Crippen LogP contribution in [-0.2, 0) is 9.53 Å². The molecule has 0 bridgehead atoms. The summed E-state index contributed by atoms with van der Waals surface area (Å²) in [6.45, 7) is 2.29. The Kier molecular flexibility index (Phi) is 6.19. The van der Waals surface area contributed by atoms with Crippen molar-refractivity contribution in [3.05, 3.63) is 24.3 Å². The molecule has 26 heavy (non-hydrogen) atoms. The number of hydrogen-bond donors (Lipinski definition) is 0. The third kappa shape index (κ3) is 4.03. The van der Waals surface area contributed by atoms with E-state index in [0.717, 1.165) is 28.7 Å². The first-order chi connectivity index (χ1) is 12.6. The van der Waals surface area contributed by atoms with E-state index in [4.69, 9.17) is 9.47 Å². The van der Waals surface area contributed by atoms with Gasteiger partial charge in [0.15, 0.2) is 11.0 Å². The second-order valence-electron chi connectivity index (χ2n) is 6.60. The van der Waals surface area contributed by atoms with Crippen LogP contribution >= 0.6 is 11.8 Å². The Balaban J connectivity index is 1.97.